The van der Waals surface area contributed by atoms with E-state index in [4.69, 9.17) is 9.47 Å². The zero-order valence-corrected chi connectivity index (χ0v) is 18.2. The van der Waals surface area contributed by atoms with Gasteiger partial charge in [0.2, 0.25) is 0 Å². The van der Waals surface area contributed by atoms with E-state index in [9.17, 15) is 9.90 Å². The third-order valence-corrected chi connectivity index (χ3v) is 4.37. The Morgan fingerprint density at radius 3 is 2.32 bits per heavy atom. The maximum absolute atomic E-state index is 12.1. The number of ether oxygens (including phenoxy) is 2. The molecule has 2 rings (SSSR count). The van der Waals surface area contributed by atoms with Gasteiger partial charge in [0.1, 0.15) is 11.5 Å². The Morgan fingerprint density at radius 1 is 0.968 bits per heavy atom. The second-order valence-electron chi connectivity index (χ2n) is 6.72. The Morgan fingerprint density at radius 2 is 1.65 bits per heavy atom. The van der Waals surface area contributed by atoms with Crippen molar-refractivity contribution in [2.45, 2.75) is 19.9 Å². The fourth-order valence-electron chi connectivity index (χ4n) is 2.67. The van der Waals surface area contributed by atoms with Crippen LogP contribution >= 0.6 is 0 Å². The van der Waals surface area contributed by atoms with Gasteiger partial charge in [-0.3, -0.25) is 4.79 Å². The molecule has 4 N–H and O–H groups in total. The number of carbonyl (C=O) groups excluding carboxylic acids is 1. The lowest BCUT2D eigenvalue weighted by molar-refractivity contribution is 0.0954. The van der Waals surface area contributed by atoms with E-state index < -0.39 is 0 Å². The molecule has 0 aliphatic carbocycles. The third kappa shape index (κ3) is 9.39. The van der Waals surface area contributed by atoms with E-state index in [0.29, 0.717) is 44.4 Å². The fraction of sp³-hybridized carbons (Fsp3) is 0.391. The number of phenolic OH excluding ortho intramolecular Hbond substituents is 1. The van der Waals surface area contributed by atoms with Crippen molar-refractivity contribution in [2.24, 2.45) is 4.99 Å². The fourth-order valence-corrected chi connectivity index (χ4v) is 2.67. The van der Waals surface area contributed by atoms with Crippen LogP contribution in [0, 0.1) is 0 Å². The maximum atomic E-state index is 12.1. The summed E-state index contributed by atoms with van der Waals surface area (Å²) in [6.07, 6.45) is 0.870. The number of phenols is 1. The molecule has 0 saturated carbocycles. The standard InChI is InChI=1S/C23H32N4O4/c1-3-31-16-4-13-25-23(27-17-18-5-11-21(30-2)12-6-18)26-15-14-24-22(29)19-7-9-20(28)10-8-19/h5-12,28H,3-4,13-17H2,1-2H3,(H,24,29)(H2,25,26,27). The summed E-state index contributed by atoms with van der Waals surface area (Å²) < 4.78 is 10.5. The molecule has 0 fully saturated rings. The van der Waals surface area contributed by atoms with E-state index in [0.717, 1.165) is 24.3 Å². The van der Waals surface area contributed by atoms with Crippen molar-refractivity contribution in [1.82, 2.24) is 16.0 Å². The minimum Gasteiger partial charge on any atom is -0.508 e. The zero-order valence-electron chi connectivity index (χ0n) is 18.2. The van der Waals surface area contributed by atoms with E-state index in [1.807, 2.05) is 31.2 Å². The average Bonchev–Trinajstić information content (AvgIpc) is 2.80. The lowest BCUT2D eigenvalue weighted by Gasteiger charge is -2.13. The van der Waals surface area contributed by atoms with E-state index >= 15 is 0 Å². The molecule has 0 aliphatic heterocycles. The molecule has 0 heterocycles. The van der Waals surface area contributed by atoms with Crippen LogP contribution in [0.2, 0.25) is 0 Å². The van der Waals surface area contributed by atoms with Crippen molar-refractivity contribution in [3.05, 3.63) is 59.7 Å². The molecule has 0 unspecified atom stereocenters. The molecular formula is C23H32N4O4. The molecule has 8 heteroatoms. The Hall–Kier alpha value is -3.26. The van der Waals surface area contributed by atoms with Crippen LogP contribution in [-0.4, -0.2) is 56.9 Å². The minimum absolute atomic E-state index is 0.131. The van der Waals surface area contributed by atoms with Crippen molar-refractivity contribution < 1.29 is 19.4 Å². The van der Waals surface area contributed by atoms with Gasteiger partial charge in [0.25, 0.3) is 5.91 Å². The molecule has 8 nitrogen and oxygen atoms in total. The van der Waals surface area contributed by atoms with Gasteiger partial charge in [-0.1, -0.05) is 12.1 Å². The molecule has 0 aromatic heterocycles. The summed E-state index contributed by atoms with van der Waals surface area (Å²) in [6.45, 7) is 5.57. The summed E-state index contributed by atoms with van der Waals surface area (Å²) in [5.74, 6) is 1.42. The van der Waals surface area contributed by atoms with Gasteiger partial charge in [0.05, 0.1) is 13.7 Å². The summed E-state index contributed by atoms with van der Waals surface area (Å²) in [4.78, 5) is 16.8. The molecular weight excluding hydrogens is 396 g/mol. The highest BCUT2D eigenvalue weighted by molar-refractivity contribution is 5.94. The molecule has 1 amide bonds. The number of benzene rings is 2. The van der Waals surface area contributed by atoms with Crippen LogP contribution in [0.3, 0.4) is 0 Å². The van der Waals surface area contributed by atoms with Crippen molar-refractivity contribution in [2.75, 3.05) is 40.0 Å². The summed E-state index contributed by atoms with van der Waals surface area (Å²) in [5.41, 5.74) is 1.57. The molecule has 168 valence electrons. The number of nitrogens with one attached hydrogen (secondary N) is 3. The smallest absolute Gasteiger partial charge is 0.251 e. The van der Waals surface area contributed by atoms with Crippen molar-refractivity contribution in [3.63, 3.8) is 0 Å². The van der Waals surface area contributed by atoms with Gasteiger partial charge in [-0.25, -0.2) is 4.99 Å². The quantitative estimate of drug-likeness (QED) is 0.235. The number of guanidine groups is 1. The summed E-state index contributed by atoms with van der Waals surface area (Å²) in [6, 6.07) is 13.9. The lowest BCUT2D eigenvalue weighted by atomic mass is 10.2. The number of hydrogen-bond acceptors (Lipinski definition) is 5. The van der Waals surface area contributed by atoms with E-state index in [-0.39, 0.29) is 11.7 Å². The SMILES string of the molecule is CCOCCCNC(=NCc1ccc(OC)cc1)NCCNC(=O)c1ccc(O)cc1. The number of aliphatic imine (C=N–C) groups is 1. The van der Waals surface area contributed by atoms with Crippen LogP contribution in [0.1, 0.15) is 29.3 Å². The number of amides is 1. The molecule has 2 aromatic rings. The second-order valence-corrected chi connectivity index (χ2v) is 6.72. The first-order chi connectivity index (χ1) is 15.1. The number of methoxy groups -OCH3 is 1. The predicted molar refractivity (Wildman–Crippen MR) is 122 cm³/mol. The molecule has 0 radical (unpaired) electrons. The van der Waals surface area contributed by atoms with Gasteiger partial charge < -0.3 is 30.5 Å². The largest absolute Gasteiger partial charge is 0.508 e. The number of hydrogen-bond donors (Lipinski definition) is 4. The van der Waals surface area contributed by atoms with Crippen LogP contribution in [0.15, 0.2) is 53.5 Å². The Balaban J connectivity index is 1.83. The zero-order chi connectivity index (χ0) is 22.3. The van der Waals surface area contributed by atoms with Crippen molar-refractivity contribution >= 4 is 11.9 Å². The summed E-state index contributed by atoms with van der Waals surface area (Å²) in [5, 5.41) is 18.7. The minimum atomic E-state index is -0.191. The second kappa shape index (κ2) is 13.9. The Kier molecular flexibility index (Phi) is 10.7. The van der Waals surface area contributed by atoms with Crippen LogP contribution in [-0.2, 0) is 11.3 Å². The molecule has 0 atom stereocenters. The molecule has 0 aliphatic rings. The topological polar surface area (TPSA) is 104 Å². The number of nitrogens with zero attached hydrogens (tertiary/aromatic N) is 1. The highest BCUT2D eigenvalue weighted by atomic mass is 16.5. The van der Waals surface area contributed by atoms with Gasteiger partial charge in [-0.2, -0.15) is 0 Å². The van der Waals surface area contributed by atoms with Crippen LogP contribution in [0.4, 0.5) is 0 Å². The first kappa shape index (κ1) is 24.0. The van der Waals surface area contributed by atoms with Crippen LogP contribution in [0.5, 0.6) is 11.5 Å². The van der Waals surface area contributed by atoms with Crippen LogP contribution in [0.25, 0.3) is 0 Å². The molecule has 0 bridgehead atoms. The van der Waals surface area contributed by atoms with Gasteiger partial charge >= 0.3 is 0 Å². The third-order valence-electron chi connectivity index (χ3n) is 4.37. The highest BCUT2D eigenvalue weighted by Crippen LogP contribution is 2.12. The van der Waals surface area contributed by atoms with E-state index in [1.54, 1.807) is 19.2 Å². The number of rotatable bonds is 12. The normalized spacial score (nSPS) is 11.1. The average molecular weight is 429 g/mol. The van der Waals surface area contributed by atoms with Crippen molar-refractivity contribution in [3.8, 4) is 11.5 Å². The van der Waals surface area contributed by atoms with E-state index in [1.165, 1.54) is 12.1 Å². The van der Waals surface area contributed by atoms with Crippen molar-refractivity contribution in [1.29, 1.82) is 0 Å². The summed E-state index contributed by atoms with van der Waals surface area (Å²) >= 11 is 0. The molecule has 2 aromatic carbocycles. The van der Waals surface area contributed by atoms with E-state index in [2.05, 4.69) is 20.9 Å². The molecule has 0 saturated heterocycles. The van der Waals surface area contributed by atoms with Crippen LogP contribution < -0.4 is 20.7 Å². The van der Waals surface area contributed by atoms with Gasteiger partial charge in [0.15, 0.2) is 5.96 Å². The highest BCUT2D eigenvalue weighted by Gasteiger charge is 2.05. The molecule has 0 spiro atoms. The predicted octanol–water partition coefficient (Wildman–Crippen LogP) is 2.29. The monoisotopic (exact) mass is 428 g/mol. The van der Waals surface area contributed by atoms with Gasteiger partial charge in [-0.05, 0) is 55.3 Å². The number of aromatic hydroxyl groups is 1. The Bertz CT molecular complexity index is 807. The van der Waals surface area contributed by atoms with Gasteiger partial charge in [-0.15, -0.1) is 0 Å². The number of carbonyl (C=O) groups is 1. The maximum Gasteiger partial charge on any atom is 0.251 e. The lowest BCUT2D eigenvalue weighted by Crippen LogP contribution is -2.42. The first-order valence-corrected chi connectivity index (χ1v) is 10.4. The molecule has 31 heavy (non-hydrogen) atoms. The first-order valence-electron chi connectivity index (χ1n) is 10.4. The summed E-state index contributed by atoms with van der Waals surface area (Å²) in [7, 11) is 1.64. The van der Waals surface area contributed by atoms with Gasteiger partial charge in [0, 0.05) is 38.4 Å². The Labute approximate surface area is 183 Å².